The Kier molecular flexibility index (Phi) is 6.02. The van der Waals surface area contributed by atoms with Gasteiger partial charge in [0.25, 0.3) is 5.91 Å². The molecule has 0 bridgehead atoms. The highest BCUT2D eigenvalue weighted by Gasteiger charge is 2.25. The molecule has 5 N–H and O–H groups in total. The number of rotatable bonds is 7. The average Bonchev–Trinajstić information content (AvgIpc) is 2.41. The third-order valence-electron chi connectivity index (χ3n) is 3.69. The Labute approximate surface area is 129 Å². The highest BCUT2D eigenvalue weighted by atomic mass is 35.5. The molecule has 0 aliphatic rings. The Bertz CT molecular complexity index is 481. The molecule has 0 spiro atoms. The van der Waals surface area contributed by atoms with Crippen LogP contribution in [0.5, 0.6) is 0 Å². The molecule has 1 amide bonds. The molecular weight excluding hydrogens is 294 g/mol. The minimum atomic E-state index is -0.538. The number of thioether (sulfide) groups is 1. The number of nitrogens with two attached hydrogens (primary N) is 2. The van der Waals surface area contributed by atoms with Gasteiger partial charge in [-0.15, -0.1) is 0 Å². The summed E-state index contributed by atoms with van der Waals surface area (Å²) in [6, 6.07) is 3.17. The molecule has 0 atom stereocenters. The lowest BCUT2D eigenvalue weighted by Crippen LogP contribution is -2.32. The maximum atomic E-state index is 11.5. The molecule has 0 fully saturated rings. The molecule has 0 saturated carbocycles. The van der Waals surface area contributed by atoms with Gasteiger partial charge in [0.15, 0.2) is 0 Å². The molecular formula is C14H22ClN3OS. The lowest BCUT2D eigenvalue weighted by Gasteiger charge is -2.30. The van der Waals surface area contributed by atoms with Crippen LogP contribution in [-0.2, 0) is 0 Å². The Morgan fingerprint density at radius 1 is 1.40 bits per heavy atom. The van der Waals surface area contributed by atoms with E-state index in [4.69, 9.17) is 23.1 Å². The van der Waals surface area contributed by atoms with E-state index in [2.05, 4.69) is 25.4 Å². The third kappa shape index (κ3) is 3.73. The first kappa shape index (κ1) is 17.0. The summed E-state index contributed by atoms with van der Waals surface area (Å²) in [6.45, 7) is 5.02. The molecule has 0 aliphatic carbocycles. The number of hydrogen-bond donors (Lipinski definition) is 3. The van der Waals surface area contributed by atoms with Crippen molar-refractivity contribution in [1.82, 2.24) is 0 Å². The third-order valence-corrected chi connectivity index (χ3v) is 5.57. The van der Waals surface area contributed by atoms with Crippen molar-refractivity contribution in [2.75, 3.05) is 23.9 Å². The van der Waals surface area contributed by atoms with Crippen LogP contribution >= 0.6 is 23.4 Å². The number of carbonyl (C=O) groups excluding carboxylic acids is 1. The number of halogens is 1. The van der Waals surface area contributed by atoms with Crippen LogP contribution < -0.4 is 16.8 Å². The van der Waals surface area contributed by atoms with E-state index in [1.54, 1.807) is 12.1 Å². The zero-order valence-corrected chi connectivity index (χ0v) is 13.7. The summed E-state index contributed by atoms with van der Waals surface area (Å²) in [4.78, 5) is 11.5. The Hall–Kier alpha value is -1.07. The molecule has 112 valence electrons. The van der Waals surface area contributed by atoms with Gasteiger partial charge in [-0.2, -0.15) is 11.8 Å². The lowest BCUT2D eigenvalue weighted by atomic mass is 10.0. The van der Waals surface area contributed by atoms with Gasteiger partial charge in [-0.3, -0.25) is 4.79 Å². The molecule has 0 heterocycles. The van der Waals surface area contributed by atoms with Crippen molar-refractivity contribution in [2.24, 2.45) is 5.73 Å². The predicted molar refractivity (Wildman–Crippen MR) is 89.7 cm³/mol. The summed E-state index contributed by atoms with van der Waals surface area (Å²) in [6.07, 6.45) is 4.14. The van der Waals surface area contributed by atoms with E-state index in [0.29, 0.717) is 28.5 Å². The molecule has 6 heteroatoms. The van der Waals surface area contributed by atoms with E-state index >= 15 is 0 Å². The van der Waals surface area contributed by atoms with Crippen LogP contribution in [0.25, 0.3) is 0 Å². The molecule has 0 saturated heterocycles. The van der Waals surface area contributed by atoms with Crippen LogP contribution in [0.2, 0.25) is 5.02 Å². The highest BCUT2D eigenvalue weighted by molar-refractivity contribution is 8.00. The first-order chi connectivity index (χ1) is 9.39. The first-order valence-corrected chi connectivity index (χ1v) is 8.17. The van der Waals surface area contributed by atoms with E-state index in [1.165, 1.54) is 0 Å². The summed E-state index contributed by atoms with van der Waals surface area (Å²) >= 11 is 7.99. The minimum Gasteiger partial charge on any atom is -0.399 e. The molecule has 0 radical (unpaired) electrons. The van der Waals surface area contributed by atoms with Gasteiger partial charge in [-0.05, 0) is 31.2 Å². The molecule has 1 aromatic carbocycles. The van der Waals surface area contributed by atoms with Crippen LogP contribution in [0.3, 0.4) is 0 Å². The van der Waals surface area contributed by atoms with Crippen LogP contribution in [-0.4, -0.2) is 23.5 Å². The number of amides is 1. The molecule has 1 rings (SSSR count). The SMILES string of the molecule is CCC(CC)(CNc1c(Cl)cc(N)cc1C(N)=O)SC. The second-order valence-corrected chi connectivity index (χ2v) is 6.42. The monoisotopic (exact) mass is 315 g/mol. The fourth-order valence-corrected chi connectivity index (χ4v) is 3.20. The van der Waals surface area contributed by atoms with E-state index < -0.39 is 5.91 Å². The number of carbonyl (C=O) groups is 1. The number of nitrogen functional groups attached to an aromatic ring is 1. The summed E-state index contributed by atoms with van der Waals surface area (Å²) < 4.78 is 0.111. The van der Waals surface area contributed by atoms with Crippen molar-refractivity contribution >= 4 is 40.6 Å². The highest BCUT2D eigenvalue weighted by Crippen LogP contribution is 2.34. The largest absolute Gasteiger partial charge is 0.399 e. The maximum Gasteiger partial charge on any atom is 0.250 e. The zero-order chi connectivity index (χ0) is 15.3. The van der Waals surface area contributed by atoms with Gasteiger partial charge < -0.3 is 16.8 Å². The first-order valence-electron chi connectivity index (χ1n) is 6.57. The second-order valence-electron chi connectivity index (χ2n) is 4.74. The minimum absolute atomic E-state index is 0.111. The number of primary amides is 1. The fourth-order valence-electron chi connectivity index (χ4n) is 2.11. The van der Waals surface area contributed by atoms with E-state index in [9.17, 15) is 4.79 Å². The maximum absolute atomic E-state index is 11.5. The van der Waals surface area contributed by atoms with Gasteiger partial charge >= 0.3 is 0 Å². The standard InChI is InChI=1S/C14H22ClN3OS/c1-4-14(5-2,20-3)8-18-12-10(13(17)19)6-9(16)7-11(12)15/h6-7,18H,4-5,8,16H2,1-3H3,(H2,17,19). The number of hydrogen-bond acceptors (Lipinski definition) is 4. The average molecular weight is 316 g/mol. The Morgan fingerprint density at radius 3 is 2.45 bits per heavy atom. The molecule has 0 aliphatic heterocycles. The van der Waals surface area contributed by atoms with Crippen molar-refractivity contribution < 1.29 is 4.79 Å². The zero-order valence-electron chi connectivity index (χ0n) is 12.1. The summed E-state index contributed by atoms with van der Waals surface area (Å²) in [7, 11) is 0. The molecule has 4 nitrogen and oxygen atoms in total. The predicted octanol–water partition coefficient (Wildman–Crippen LogP) is 3.35. The summed E-state index contributed by atoms with van der Waals surface area (Å²) in [5.41, 5.74) is 12.4. The van der Waals surface area contributed by atoms with Crippen molar-refractivity contribution in [3.05, 3.63) is 22.7 Å². The van der Waals surface area contributed by atoms with Crippen molar-refractivity contribution in [2.45, 2.75) is 31.4 Å². The van der Waals surface area contributed by atoms with Crippen molar-refractivity contribution in [3.8, 4) is 0 Å². The molecule has 0 aromatic heterocycles. The van der Waals surface area contributed by atoms with Crippen LogP contribution in [0.15, 0.2) is 12.1 Å². The van der Waals surface area contributed by atoms with Gasteiger partial charge in [0.1, 0.15) is 0 Å². The Balaban J connectivity index is 3.06. The lowest BCUT2D eigenvalue weighted by molar-refractivity contribution is 0.100. The van der Waals surface area contributed by atoms with E-state index in [-0.39, 0.29) is 4.75 Å². The number of benzene rings is 1. The van der Waals surface area contributed by atoms with E-state index in [0.717, 1.165) is 12.8 Å². The van der Waals surface area contributed by atoms with Crippen molar-refractivity contribution in [3.63, 3.8) is 0 Å². The van der Waals surface area contributed by atoms with Gasteiger partial charge in [0, 0.05) is 17.0 Å². The second kappa shape index (κ2) is 7.09. The quantitative estimate of drug-likeness (QED) is 0.674. The molecule has 0 unspecified atom stereocenters. The Morgan fingerprint density at radius 2 is 2.00 bits per heavy atom. The number of nitrogens with one attached hydrogen (secondary N) is 1. The molecule has 20 heavy (non-hydrogen) atoms. The topological polar surface area (TPSA) is 81.1 Å². The summed E-state index contributed by atoms with van der Waals surface area (Å²) in [5, 5.41) is 3.69. The van der Waals surface area contributed by atoms with Crippen LogP contribution in [0, 0.1) is 0 Å². The van der Waals surface area contributed by atoms with Crippen LogP contribution in [0.4, 0.5) is 11.4 Å². The molecule has 1 aromatic rings. The van der Waals surface area contributed by atoms with Gasteiger partial charge in [-0.1, -0.05) is 25.4 Å². The smallest absolute Gasteiger partial charge is 0.250 e. The van der Waals surface area contributed by atoms with Gasteiger partial charge in [0.2, 0.25) is 0 Å². The van der Waals surface area contributed by atoms with Gasteiger partial charge in [0.05, 0.1) is 16.3 Å². The van der Waals surface area contributed by atoms with Crippen LogP contribution in [0.1, 0.15) is 37.0 Å². The van der Waals surface area contributed by atoms with Crippen molar-refractivity contribution in [1.29, 1.82) is 0 Å². The fraction of sp³-hybridized carbons (Fsp3) is 0.500. The summed E-state index contributed by atoms with van der Waals surface area (Å²) in [5.74, 6) is -0.538. The number of anilines is 2. The normalized spacial score (nSPS) is 11.4. The van der Waals surface area contributed by atoms with Gasteiger partial charge in [-0.25, -0.2) is 0 Å². The van der Waals surface area contributed by atoms with E-state index in [1.807, 2.05) is 11.8 Å².